The van der Waals surface area contributed by atoms with Crippen LogP contribution in [0.5, 0.6) is 5.75 Å². The summed E-state index contributed by atoms with van der Waals surface area (Å²) in [5.74, 6) is 0.821. The zero-order valence-corrected chi connectivity index (χ0v) is 12.0. The monoisotopic (exact) mass is 271 g/mol. The number of ether oxygens (including phenoxy) is 1. The van der Waals surface area contributed by atoms with Gasteiger partial charge in [-0.15, -0.1) is 0 Å². The fraction of sp³-hybridized carbons (Fsp3) is 0.294. The van der Waals surface area contributed by atoms with Crippen molar-refractivity contribution in [3.8, 4) is 5.75 Å². The second-order valence-corrected chi connectivity index (χ2v) is 4.98. The number of anilines is 1. The molecule has 0 aliphatic rings. The summed E-state index contributed by atoms with van der Waals surface area (Å²) in [5, 5.41) is 13.1. The van der Waals surface area contributed by atoms with Gasteiger partial charge in [-0.2, -0.15) is 0 Å². The number of rotatable bonds is 6. The highest BCUT2D eigenvalue weighted by molar-refractivity contribution is 5.44. The molecule has 3 nitrogen and oxygen atoms in total. The maximum atomic E-state index is 9.93. The van der Waals surface area contributed by atoms with Gasteiger partial charge < -0.3 is 15.2 Å². The van der Waals surface area contributed by atoms with Crippen LogP contribution in [0.2, 0.25) is 0 Å². The summed E-state index contributed by atoms with van der Waals surface area (Å²) < 4.78 is 5.62. The number of aliphatic hydroxyl groups is 1. The van der Waals surface area contributed by atoms with Crippen molar-refractivity contribution >= 4 is 5.69 Å². The first-order valence-corrected chi connectivity index (χ1v) is 6.82. The lowest BCUT2D eigenvalue weighted by Gasteiger charge is -2.15. The third-order valence-electron chi connectivity index (χ3n) is 3.12. The lowest BCUT2D eigenvalue weighted by atomic mass is 10.2. The number of benzene rings is 2. The van der Waals surface area contributed by atoms with E-state index in [0.717, 1.165) is 17.0 Å². The Kier molecular flexibility index (Phi) is 5.02. The number of hydrogen-bond acceptors (Lipinski definition) is 3. The summed E-state index contributed by atoms with van der Waals surface area (Å²) in [7, 11) is 0. The van der Waals surface area contributed by atoms with E-state index in [1.165, 1.54) is 5.56 Å². The fourth-order valence-electron chi connectivity index (χ4n) is 1.87. The molecule has 0 saturated carbocycles. The van der Waals surface area contributed by atoms with Crippen LogP contribution >= 0.6 is 0 Å². The highest BCUT2D eigenvalue weighted by Gasteiger charge is 2.06. The van der Waals surface area contributed by atoms with Crippen molar-refractivity contribution in [1.82, 2.24) is 0 Å². The number of aliphatic hydroxyl groups excluding tert-OH is 1. The lowest BCUT2D eigenvalue weighted by molar-refractivity contribution is 0.117. The van der Waals surface area contributed by atoms with Gasteiger partial charge >= 0.3 is 0 Å². The third-order valence-corrected chi connectivity index (χ3v) is 3.12. The van der Waals surface area contributed by atoms with E-state index in [1.54, 1.807) is 0 Å². The molecule has 0 aromatic heterocycles. The highest BCUT2D eigenvalue weighted by atomic mass is 16.5. The number of nitrogens with one attached hydrogen (secondary N) is 1. The molecule has 0 aliphatic carbocycles. The van der Waals surface area contributed by atoms with E-state index in [1.807, 2.05) is 55.5 Å². The molecular formula is C17H21NO2. The lowest BCUT2D eigenvalue weighted by Crippen LogP contribution is -2.26. The third kappa shape index (κ3) is 4.28. The Hall–Kier alpha value is -2.00. The minimum absolute atomic E-state index is 0.281. The van der Waals surface area contributed by atoms with Crippen molar-refractivity contribution in [2.45, 2.75) is 20.0 Å². The molecule has 0 amide bonds. The van der Waals surface area contributed by atoms with Crippen LogP contribution in [0.25, 0.3) is 0 Å². The molecule has 0 saturated heterocycles. The van der Waals surface area contributed by atoms with Gasteiger partial charge in [0.1, 0.15) is 18.5 Å². The predicted molar refractivity (Wildman–Crippen MR) is 82.3 cm³/mol. The van der Waals surface area contributed by atoms with Crippen LogP contribution in [0.15, 0.2) is 48.5 Å². The first-order chi connectivity index (χ1) is 9.65. The molecule has 0 spiro atoms. The van der Waals surface area contributed by atoms with E-state index in [9.17, 15) is 5.11 Å². The number of aryl methyl sites for hydroxylation is 2. The fourth-order valence-corrected chi connectivity index (χ4v) is 1.87. The summed E-state index contributed by atoms with van der Waals surface area (Å²) in [6.45, 7) is 4.79. The van der Waals surface area contributed by atoms with Crippen LogP contribution in [-0.4, -0.2) is 24.4 Å². The molecular weight excluding hydrogens is 250 g/mol. The van der Waals surface area contributed by atoms with Gasteiger partial charge in [0.05, 0.1) is 0 Å². The van der Waals surface area contributed by atoms with Crippen molar-refractivity contribution in [1.29, 1.82) is 0 Å². The van der Waals surface area contributed by atoms with Crippen LogP contribution in [0.4, 0.5) is 5.69 Å². The predicted octanol–water partition coefficient (Wildman–Crippen LogP) is 3.16. The number of para-hydroxylation sites is 1. The number of hydrogen-bond donors (Lipinski definition) is 2. The van der Waals surface area contributed by atoms with Gasteiger partial charge in [0.2, 0.25) is 0 Å². The first kappa shape index (κ1) is 14.4. The van der Waals surface area contributed by atoms with Crippen molar-refractivity contribution in [3.05, 3.63) is 59.7 Å². The Balaban J connectivity index is 1.77. The quantitative estimate of drug-likeness (QED) is 0.848. The molecule has 106 valence electrons. The Labute approximate surface area is 120 Å². The maximum absolute atomic E-state index is 9.93. The van der Waals surface area contributed by atoms with Crippen LogP contribution in [0.3, 0.4) is 0 Å². The van der Waals surface area contributed by atoms with E-state index >= 15 is 0 Å². The topological polar surface area (TPSA) is 41.5 Å². The average Bonchev–Trinajstić information content (AvgIpc) is 2.46. The minimum Gasteiger partial charge on any atom is -0.491 e. The summed E-state index contributed by atoms with van der Waals surface area (Å²) in [4.78, 5) is 0. The van der Waals surface area contributed by atoms with Crippen LogP contribution in [0.1, 0.15) is 11.1 Å². The molecule has 1 atom stereocenters. The van der Waals surface area contributed by atoms with Crippen molar-refractivity contribution in [2.75, 3.05) is 18.5 Å². The highest BCUT2D eigenvalue weighted by Crippen LogP contribution is 2.16. The second-order valence-electron chi connectivity index (χ2n) is 4.98. The molecule has 0 heterocycles. The van der Waals surface area contributed by atoms with Crippen LogP contribution in [0, 0.1) is 13.8 Å². The minimum atomic E-state index is -0.545. The summed E-state index contributed by atoms with van der Waals surface area (Å²) >= 11 is 0. The van der Waals surface area contributed by atoms with Gasteiger partial charge in [-0.1, -0.05) is 35.9 Å². The second kappa shape index (κ2) is 6.96. The largest absolute Gasteiger partial charge is 0.491 e. The molecule has 1 unspecified atom stereocenters. The van der Waals surface area contributed by atoms with E-state index in [-0.39, 0.29) is 6.61 Å². The van der Waals surface area contributed by atoms with E-state index in [2.05, 4.69) is 12.2 Å². The Morgan fingerprint density at radius 2 is 1.75 bits per heavy atom. The molecule has 2 aromatic rings. The maximum Gasteiger partial charge on any atom is 0.122 e. The first-order valence-electron chi connectivity index (χ1n) is 6.82. The molecule has 20 heavy (non-hydrogen) atoms. The Morgan fingerprint density at radius 1 is 1.05 bits per heavy atom. The molecule has 2 aromatic carbocycles. The van der Waals surface area contributed by atoms with E-state index in [0.29, 0.717) is 6.54 Å². The molecule has 0 radical (unpaired) electrons. The van der Waals surface area contributed by atoms with Gasteiger partial charge in [0, 0.05) is 12.2 Å². The summed E-state index contributed by atoms with van der Waals surface area (Å²) in [6, 6.07) is 15.9. The van der Waals surface area contributed by atoms with Gasteiger partial charge in [0.25, 0.3) is 0 Å². The molecule has 0 fully saturated rings. The van der Waals surface area contributed by atoms with Crippen molar-refractivity contribution in [3.63, 3.8) is 0 Å². The SMILES string of the molecule is Cc1ccc(NCC(O)COc2ccccc2C)cc1. The molecule has 3 heteroatoms. The van der Waals surface area contributed by atoms with Crippen molar-refractivity contribution in [2.24, 2.45) is 0 Å². The normalized spacial score (nSPS) is 11.9. The Bertz CT molecular complexity index is 537. The van der Waals surface area contributed by atoms with Gasteiger partial charge in [-0.05, 0) is 37.6 Å². The smallest absolute Gasteiger partial charge is 0.122 e. The van der Waals surface area contributed by atoms with Crippen molar-refractivity contribution < 1.29 is 9.84 Å². The molecule has 0 aliphatic heterocycles. The zero-order valence-electron chi connectivity index (χ0n) is 12.0. The van der Waals surface area contributed by atoms with Gasteiger partial charge in [-0.3, -0.25) is 0 Å². The zero-order chi connectivity index (χ0) is 14.4. The summed E-state index contributed by atoms with van der Waals surface area (Å²) in [6.07, 6.45) is -0.545. The summed E-state index contributed by atoms with van der Waals surface area (Å²) in [5.41, 5.74) is 3.30. The van der Waals surface area contributed by atoms with E-state index < -0.39 is 6.10 Å². The van der Waals surface area contributed by atoms with Crippen LogP contribution in [-0.2, 0) is 0 Å². The molecule has 0 bridgehead atoms. The van der Waals surface area contributed by atoms with Crippen LogP contribution < -0.4 is 10.1 Å². The average molecular weight is 271 g/mol. The molecule has 2 N–H and O–H groups in total. The van der Waals surface area contributed by atoms with Gasteiger partial charge in [0.15, 0.2) is 0 Å². The molecule has 2 rings (SSSR count). The standard InChI is InChI=1S/C17H21NO2/c1-13-7-9-15(10-8-13)18-11-16(19)12-20-17-6-4-3-5-14(17)2/h3-10,16,18-19H,11-12H2,1-2H3. The Morgan fingerprint density at radius 3 is 2.45 bits per heavy atom. The van der Waals surface area contributed by atoms with E-state index in [4.69, 9.17) is 4.74 Å². The van der Waals surface area contributed by atoms with Gasteiger partial charge in [-0.25, -0.2) is 0 Å².